The normalized spacial score (nSPS) is 13.2. The molecule has 0 radical (unpaired) electrons. The van der Waals surface area contributed by atoms with Gasteiger partial charge in [-0.3, -0.25) is 23.2 Å². The van der Waals surface area contributed by atoms with Crippen molar-refractivity contribution in [1.29, 1.82) is 0 Å². The first kappa shape index (κ1) is 26.0. The average molecular weight is 581 g/mol. The van der Waals surface area contributed by atoms with E-state index >= 15 is 0 Å². The molecule has 16 heteroatoms. The number of H-pyrrole nitrogens is 1. The fraction of sp³-hybridized carbons (Fsp3) is 0.0909. The van der Waals surface area contributed by atoms with Crippen LogP contribution < -0.4 is 10.9 Å². The number of aromatic nitrogens is 2. The van der Waals surface area contributed by atoms with Crippen molar-refractivity contribution in [3.63, 3.8) is 0 Å². The third kappa shape index (κ3) is 3.64. The second kappa shape index (κ2) is 7.92. The maximum Gasteiger partial charge on any atom is 0.364 e. The van der Waals surface area contributed by atoms with Crippen LogP contribution in [-0.2, 0) is 30.5 Å². The number of rotatable bonds is 3. The summed E-state index contributed by atoms with van der Waals surface area (Å²) in [6, 6.07) is 8.36. The van der Waals surface area contributed by atoms with E-state index in [0.717, 1.165) is 26.0 Å². The third-order valence-corrected chi connectivity index (χ3v) is 9.31. The topological polar surface area (TPSA) is 218 Å². The van der Waals surface area contributed by atoms with E-state index in [1.165, 1.54) is 6.07 Å². The number of hydrogen-bond donors (Lipinski definition) is 4. The van der Waals surface area contributed by atoms with Crippen LogP contribution in [0.5, 0.6) is 0 Å². The van der Waals surface area contributed by atoms with Crippen molar-refractivity contribution in [2.24, 2.45) is 0 Å². The smallest absolute Gasteiger partial charge is 0.354 e. The highest BCUT2D eigenvalue weighted by Gasteiger charge is 2.35. The van der Waals surface area contributed by atoms with Crippen molar-refractivity contribution in [3.05, 3.63) is 68.0 Å². The van der Waals surface area contributed by atoms with Crippen molar-refractivity contribution in [2.75, 3.05) is 0 Å². The molecule has 0 unspecified atom stereocenters. The van der Waals surface area contributed by atoms with Gasteiger partial charge >= 0.3 is 10.3 Å². The second-order valence-electron chi connectivity index (χ2n) is 8.57. The standard InChI is InChI=1S/C22H16N2O11S3/c1-9-10(2)21(36(27,28)29)22(37(30,31)32)18-17(9)20(26)13-7-15-12(8-16(13)24(18)38(33,34)35)19(25)11-5-3-4-6-14(11)23-15/h3-8H,1-2H3,(H,23,25)(H,27,28,29)(H,30,31,32)(H,33,34,35). The molecule has 0 aliphatic rings. The molecule has 4 N–H and O–H groups in total. The molecular formula is C22H16N2O11S3. The zero-order chi connectivity index (χ0) is 28.1. The van der Waals surface area contributed by atoms with E-state index in [-0.39, 0.29) is 25.8 Å². The Balaban J connectivity index is 2.27. The lowest BCUT2D eigenvalue weighted by molar-refractivity contribution is 0.465. The van der Waals surface area contributed by atoms with Crippen LogP contribution in [0.15, 0.2) is 55.8 Å². The van der Waals surface area contributed by atoms with Gasteiger partial charge < -0.3 is 4.98 Å². The lowest BCUT2D eigenvalue weighted by Crippen LogP contribution is -2.23. The van der Waals surface area contributed by atoms with Gasteiger partial charge in [-0.05, 0) is 49.2 Å². The second-order valence-corrected chi connectivity index (χ2v) is 12.5. The van der Waals surface area contributed by atoms with E-state index in [1.807, 2.05) is 0 Å². The third-order valence-electron chi connectivity index (χ3n) is 6.40. The van der Waals surface area contributed by atoms with Gasteiger partial charge in [0.25, 0.3) is 20.2 Å². The molecule has 3 aromatic carbocycles. The van der Waals surface area contributed by atoms with Crippen LogP contribution >= 0.6 is 0 Å². The van der Waals surface area contributed by atoms with Crippen LogP contribution in [0, 0.1) is 13.8 Å². The first-order chi connectivity index (χ1) is 17.4. The van der Waals surface area contributed by atoms with Crippen molar-refractivity contribution < 1.29 is 38.9 Å². The van der Waals surface area contributed by atoms with E-state index in [9.17, 15) is 48.5 Å². The maximum atomic E-state index is 13.7. The molecular weight excluding hydrogens is 564 g/mol. The number of aromatic amines is 1. The van der Waals surface area contributed by atoms with Gasteiger partial charge in [-0.2, -0.15) is 25.3 Å². The molecule has 0 aliphatic carbocycles. The number of hydrogen-bond acceptors (Lipinski definition) is 8. The highest BCUT2D eigenvalue weighted by Crippen LogP contribution is 2.37. The Morgan fingerprint density at radius 2 is 1.32 bits per heavy atom. The van der Waals surface area contributed by atoms with E-state index in [1.54, 1.807) is 18.2 Å². The molecule has 0 atom stereocenters. The molecule has 0 aliphatic heterocycles. The minimum atomic E-state index is -5.67. The summed E-state index contributed by atoms with van der Waals surface area (Å²) in [5.41, 5.74) is -3.72. The van der Waals surface area contributed by atoms with Crippen molar-refractivity contribution in [3.8, 4) is 0 Å². The Morgan fingerprint density at radius 3 is 1.89 bits per heavy atom. The van der Waals surface area contributed by atoms with Crippen LogP contribution in [0.4, 0.5) is 0 Å². The Morgan fingerprint density at radius 1 is 0.711 bits per heavy atom. The quantitative estimate of drug-likeness (QED) is 0.178. The predicted octanol–water partition coefficient (Wildman–Crippen LogP) is 1.91. The summed E-state index contributed by atoms with van der Waals surface area (Å²) in [5, 5.41) is -1.02. The molecule has 2 aromatic heterocycles. The van der Waals surface area contributed by atoms with Crippen molar-refractivity contribution in [1.82, 2.24) is 8.96 Å². The van der Waals surface area contributed by atoms with Crippen molar-refractivity contribution in [2.45, 2.75) is 23.6 Å². The Labute approximate surface area is 213 Å². The largest absolute Gasteiger partial charge is 0.364 e. The molecule has 13 nitrogen and oxygen atoms in total. The fourth-order valence-corrected chi connectivity index (χ4v) is 7.95. The SMILES string of the molecule is Cc1c(S(=O)(=O)O)c(S(=O)(=O)O)c2c(c1C)c(=O)c1cc3[nH]c4ccccc4c(=O)c3cc1n2S(=O)(=O)O. The number of nitrogens with one attached hydrogen (secondary N) is 1. The number of pyridine rings is 2. The summed E-state index contributed by atoms with van der Waals surface area (Å²) in [6.07, 6.45) is 0. The van der Waals surface area contributed by atoms with Crippen LogP contribution in [0.1, 0.15) is 11.1 Å². The van der Waals surface area contributed by atoms with Crippen LogP contribution in [0.25, 0.3) is 43.6 Å². The lowest BCUT2D eigenvalue weighted by atomic mass is 10.00. The average Bonchev–Trinajstić information content (AvgIpc) is 2.78. The van der Waals surface area contributed by atoms with E-state index in [0.29, 0.717) is 5.52 Å². The predicted molar refractivity (Wildman–Crippen MR) is 137 cm³/mol. The highest BCUT2D eigenvalue weighted by atomic mass is 32.2. The molecule has 5 rings (SSSR count). The molecule has 0 amide bonds. The first-order valence-corrected chi connectivity index (χ1v) is 14.8. The molecule has 0 saturated carbocycles. The van der Waals surface area contributed by atoms with E-state index in [4.69, 9.17) is 0 Å². The Bertz CT molecular complexity index is 2370. The minimum Gasteiger partial charge on any atom is -0.354 e. The summed E-state index contributed by atoms with van der Waals surface area (Å²) >= 11 is 0. The van der Waals surface area contributed by atoms with Gasteiger partial charge in [0, 0.05) is 21.7 Å². The summed E-state index contributed by atoms with van der Waals surface area (Å²) in [4.78, 5) is 26.8. The van der Waals surface area contributed by atoms with E-state index < -0.39 is 78.6 Å². The summed E-state index contributed by atoms with van der Waals surface area (Å²) < 4.78 is 105. The van der Waals surface area contributed by atoms with Gasteiger partial charge in [0.1, 0.15) is 9.79 Å². The van der Waals surface area contributed by atoms with E-state index in [2.05, 4.69) is 4.98 Å². The molecule has 198 valence electrons. The van der Waals surface area contributed by atoms with Crippen molar-refractivity contribution >= 4 is 74.2 Å². The number of para-hydroxylation sites is 1. The highest BCUT2D eigenvalue weighted by molar-refractivity contribution is 7.89. The monoisotopic (exact) mass is 580 g/mol. The molecule has 0 bridgehead atoms. The Kier molecular flexibility index (Phi) is 5.41. The fourth-order valence-electron chi connectivity index (χ4n) is 4.75. The van der Waals surface area contributed by atoms with Gasteiger partial charge in [-0.15, -0.1) is 0 Å². The number of aryl methyl sites for hydroxylation is 1. The minimum absolute atomic E-state index is 0.0582. The Hall–Kier alpha value is -3.67. The summed E-state index contributed by atoms with van der Waals surface area (Å²) in [6.45, 7) is 2.20. The van der Waals surface area contributed by atoms with Gasteiger partial charge in [0.15, 0.2) is 10.9 Å². The maximum absolute atomic E-state index is 13.7. The van der Waals surface area contributed by atoms with Gasteiger partial charge in [-0.1, -0.05) is 12.1 Å². The molecule has 2 heterocycles. The van der Waals surface area contributed by atoms with Crippen LogP contribution in [-0.4, -0.2) is 47.9 Å². The van der Waals surface area contributed by atoms with Gasteiger partial charge in [-0.25, -0.2) is 3.97 Å². The van der Waals surface area contributed by atoms with Crippen LogP contribution in [0.3, 0.4) is 0 Å². The summed E-state index contributed by atoms with van der Waals surface area (Å²) in [5.74, 6) is 0. The molecule has 0 saturated heterocycles. The number of benzene rings is 3. The number of nitrogens with zero attached hydrogens (tertiary/aromatic N) is 1. The lowest BCUT2D eigenvalue weighted by Gasteiger charge is -2.20. The van der Waals surface area contributed by atoms with Crippen LogP contribution in [0.2, 0.25) is 0 Å². The molecule has 5 aromatic rings. The van der Waals surface area contributed by atoms with Gasteiger partial charge in [0.2, 0.25) is 0 Å². The molecule has 0 fully saturated rings. The molecule has 0 spiro atoms. The number of fused-ring (bicyclic) bond motifs is 4. The first-order valence-electron chi connectivity index (χ1n) is 10.5. The molecule has 38 heavy (non-hydrogen) atoms. The van der Waals surface area contributed by atoms with Gasteiger partial charge in [0.05, 0.1) is 21.9 Å². The zero-order valence-corrected chi connectivity index (χ0v) is 21.7. The summed E-state index contributed by atoms with van der Waals surface area (Å²) in [7, 11) is -16.7. The zero-order valence-electron chi connectivity index (χ0n) is 19.2.